The van der Waals surface area contributed by atoms with E-state index in [1.54, 1.807) is 19.2 Å². The summed E-state index contributed by atoms with van der Waals surface area (Å²) in [5.41, 5.74) is 2.70. The summed E-state index contributed by atoms with van der Waals surface area (Å²) in [5.74, 6) is -0.426. The highest BCUT2D eigenvalue weighted by Gasteiger charge is 2.44. The number of aliphatic hydroxyl groups excluding tert-OH is 1. The number of rotatable bonds is 7. The quantitative estimate of drug-likeness (QED) is 0.736. The Kier molecular flexibility index (Phi) is 6.06. The summed E-state index contributed by atoms with van der Waals surface area (Å²) in [5, 5.41) is 10.6. The number of Topliss-reactive ketones (excluding diaryl/α,β-unsaturated/α-hetero) is 1. The van der Waals surface area contributed by atoms with E-state index < -0.39 is 17.7 Å². The Labute approximate surface area is 171 Å². The van der Waals surface area contributed by atoms with E-state index >= 15 is 0 Å². The van der Waals surface area contributed by atoms with Gasteiger partial charge in [0.15, 0.2) is 11.5 Å². The molecule has 0 fully saturated rings. The maximum Gasteiger partial charge on any atom is 0.294 e. The second-order valence-corrected chi connectivity index (χ2v) is 7.65. The van der Waals surface area contributed by atoms with Gasteiger partial charge in [-0.15, -0.1) is 0 Å². The molecular formula is C24H27NO4. The van der Waals surface area contributed by atoms with Crippen molar-refractivity contribution in [2.45, 2.75) is 39.7 Å². The van der Waals surface area contributed by atoms with Gasteiger partial charge in [0.2, 0.25) is 0 Å². The second-order valence-electron chi connectivity index (χ2n) is 7.65. The number of amides is 1. The standard InChI is InChI=1S/C24H27NO4/c1-5-16-6-10-18(11-7-16)25-22(17-8-12-19(29-4)13-9-17)21(23(27)24(25)28)20(26)14-15(2)3/h6-13,15,22,27H,5,14H2,1-4H3. The third kappa shape index (κ3) is 4.04. The van der Waals surface area contributed by atoms with Crippen molar-refractivity contribution in [3.8, 4) is 5.75 Å². The first-order valence-electron chi connectivity index (χ1n) is 9.90. The van der Waals surface area contributed by atoms with Gasteiger partial charge in [0.1, 0.15) is 5.75 Å². The Morgan fingerprint density at radius 1 is 1.10 bits per heavy atom. The Hall–Kier alpha value is -3.08. The van der Waals surface area contributed by atoms with Gasteiger partial charge >= 0.3 is 0 Å². The third-order valence-electron chi connectivity index (χ3n) is 5.16. The first-order chi connectivity index (χ1) is 13.9. The topological polar surface area (TPSA) is 66.8 Å². The van der Waals surface area contributed by atoms with Gasteiger partial charge in [0.25, 0.3) is 5.91 Å². The number of anilines is 1. The zero-order chi connectivity index (χ0) is 21.1. The molecule has 0 spiro atoms. The average Bonchev–Trinajstić information content (AvgIpc) is 2.98. The molecule has 152 valence electrons. The summed E-state index contributed by atoms with van der Waals surface area (Å²) < 4.78 is 5.23. The number of methoxy groups -OCH3 is 1. The van der Waals surface area contributed by atoms with Crippen LogP contribution in [-0.4, -0.2) is 23.9 Å². The minimum absolute atomic E-state index is 0.118. The Balaban J connectivity index is 2.10. The predicted molar refractivity (Wildman–Crippen MR) is 113 cm³/mol. The highest BCUT2D eigenvalue weighted by Crippen LogP contribution is 2.42. The van der Waals surface area contributed by atoms with Crippen LogP contribution in [0, 0.1) is 5.92 Å². The van der Waals surface area contributed by atoms with Crippen LogP contribution in [0.3, 0.4) is 0 Å². The fourth-order valence-electron chi connectivity index (χ4n) is 3.63. The molecule has 1 amide bonds. The molecule has 1 heterocycles. The van der Waals surface area contributed by atoms with E-state index in [9.17, 15) is 14.7 Å². The molecule has 0 bridgehead atoms. The van der Waals surface area contributed by atoms with E-state index in [0.717, 1.165) is 17.5 Å². The Bertz CT molecular complexity index is 926. The van der Waals surface area contributed by atoms with Crippen molar-refractivity contribution in [1.29, 1.82) is 0 Å². The second kappa shape index (κ2) is 8.52. The van der Waals surface area contributed by atoms with Crippen LogP contribution in [0.25, 0.3) is 0 Å². The van der Waals surface area contributed by atoms with Crippen LogP contribution in [0.5, 0.6) is 5.75 Å². The minimum atomic E-state index is -0.674. The lowest BCUT2D eigenvalue weighted by atomic mass is 9.92. The summed E-state index contributed by atoms with van der Waals surface area (Å²) in [7, 11) is 1.58. The highest BCUT2D eigenvalue weighted by atomic mass is 16.5. The summed E-state index contributed by atoms with van der Waals surface area (Å²) in [6, 6.07) is 14.2. The van der Waals surface area contributed by atoms with Gasteiger partial charge in [0.05, 0.1) is 18.7 Å². The van der Waals surface area contributed by atoms with E-state index in [-0.39, 0.29) is 23.7 Å². The normalized spacial score (nSPS) is 16.7. The lowest BCUT2D eigenvalue weighted by molar-refractivity contribution is -0.118. The maximum absolute atomic E-state index is 13.0. The number of nitrogens with zero attached hydrogens (tertiary/aromatic N) is 1. The first kappa shape index (κ1) is 20.6. The molecule has 0 saturated heterocycles. The predicted octanol–water partition coefficient (Wildman–Crippen LogP) is 4.77. The van der Waals surface area contributed by atoms with Crippen LogP contribution < -0.4 is 9.64 Å². The Morgan fingerprint density at radius 2 is 1.72 bits per heavy atom. The molecule has 0 radical (unpaired) electrons. The average molecular weight is 393 g/mol. The van der Waals surface area contributed by atoms with Gasteiger partial charge in [-0.25, -0.2) is 0 Å². The fraction of sp³-hybridized carbons (Fsp3) is 0.333. The van der Waals surface area contributed by atoms with Gasteiger partial charge < -0.3 is 9.84 Å². The number of ether oxygens (including phenoxy) is 1. The number of hydrogen-bond acceptors (Lipinski definition) is 4. The zero-order valence-electron chi connectivity index (χ0n) is 17.3. The number of aliphatic hydroxyl groups is 1. The largest absolute Gasteiger partial charge is 0.503 e. The lowest BCUT2D eigenvalue weighted by Gasteiger charge is -2.27. The Morgan fingerprint density at radius 3 is 2.24 bits per heavy atom. The number of aryl methyl sites for hydroxylation is 1. The number of carbonyl (C=O) groups is 2. The highest BCUT2D eigenvalue weighted by molar-refractivity contribution is 6.16. The molecule has 0 aliphatic carbocycles. The van der Waals surface area contributed by atoms with Crippen molar-refractivity contribution >= 4 is 17.4 Å². The van der Waals surface area contributed by atoms with Crippen LogP contribution in [0.4, 0.5) is 5.69 Å². The van der Waals surface area contributed by atoms with Crippen molar-refractivity contribution < 1.29 is 19.4 Å². The molecule has 2 aromatic carbocycles. The number of benzene rings is 2. The van der Waals surface area contributed by atoms with E-state index in [2.05, 4.69) is 6.92 Å². The monoisotopic (exact) mass is 393 g/mol. The van der Waals surface area contributed by atoms with E-state index in [4.69, 9.17) is 4.74 Å². The molecule has 29 heavy (non-hydrogen) atoms. The van der Waals surface area contributed by atoms with Crippen molar-refractivity contribution in [3.63, 3.8) is 0 Å². The maximum atomic E-state index is 13.0. The SMILES string of the molecule is CCc1ccc(N2C(=O)C(O)=C(C(=O)CC(C)C)C2c2ccc(OC)cc2)cc1. The van der Waals surface area contributed by atoms with Crippen molar-refractivity contribution in [3.05, 3.63) is 71.0 Å². The van der Waals surface area contributed by atoms with Crippen LogP contribution in [-0.2, 0) is 16.0 Å². The number of ketones is 1. The van der Waals surface area contributed by atoms with Crippen LogP contribution in [0.15, 0.2) is 59.9 Å². The fourth-order valence-corrected chi connectivity index (χ4v) is 3.63. The molecule has 1 unspecified atom stereocenters. The summed E-state index contributed by atoms with van der Waals surface area (Å²) >= 11 is 0. The molecule has 1 aliphatic heterocycles. The first-order valence-corrected chi connectivity index (χ1v) is 9.90. The van der Waals surface area contributed by atoms with Gasteiger partial charge in [-0.3, -0.25) is 14.5 Å². The summed E-state index contributed by atoms with van der Waals surface area (Å²) in [6.45, 7) is 5.94. The summed E-state index contributed by atoms with van der Waals surface area (Å²) in [6.07, 6.45) is 1.15. The molecule has 3 rings (SSSR count). The van der Waals surface area contributed by atoms with Crippen molar-refractivity contribution in [2.24, 2.45) is 5.92 Å². The molecule has 0 aromatic heterocycles. The molecule has 2 aromatic rings. The van der Waals surface area contributed by atoms with Crippen LogP contribution in [0.1, 0.15) is 44.4 Å². The van der Waals surface area contributed by atoms with Gasteiger partial charge in [-0.05, 0) is 47.7 Å². The van der Waals surface area contributed by atoms with Gasteiger partial charge in [-0.1, -0.05) is 45.0 Å². The summed E-state index contributed by atoms with van der Waals surface area (Å²) in [4.78, 5) is 27.5. The van der Waals surface area contributed by atoms with E-state index in [1.165, 1.54) is 4.90 Å². The molecule has 1 atom stereocenters. The minimum Gasteiger partial charge on any atom is -0.503 e. The molecule has 1 aliphatic rings. The lowest BCUT2D eigenvalue weighted by Crippen LogP contribution is -2.31. The van der Waals surface area contributed by atoms with Crippen LogP contribution >= 0.6 is 0 Å². The molecule has 5 heteroatoms. The zero-order valence-corrected chi connectivity index (χ0v) is 17.3. The van der Waals surface area contributed by atoms with E-state index in [0.29, 0.717) is 11.4 Å². The molecule has 1 N–H and O–H groups in total. The van der Waals surface area contributed by atoms with Crippen molar-refractivity contribution in [2.75, 3.05) is 12.0 Å². The van der Waals surface area contributed by atoms with E-state index in [1.807, 2.05) is 50.2 Å². The third-order valence-corrected chi connectivity index (χ3v) is 5.16. The number of hydrogen-bond donors (Lipinski definition) is 1. The smallest absolute Gasteiger partial charge is 0.294 e. The van der Waals surface area contributed by atoms with Crippen LogP contribution in [0.2, 0.25) is 0 Å². The molecule has 0 saturated carbocycles. The van der Waals surface area contributed by atoms with Crippen molar-refractivity contribution in [1.82, 2.24) is 0 Å². The van der Waals surface area contributed by atoms with Gasteiger partial charge in [-0.2, -0.15) is 0 Å². The molecule has 5 nitrogen and oxygen atoms in total. The van der Waals surface area contributed by atoms with Gasteiger partial charge in [0, 0.05) is 12.1 Å². The molecular weight excluding hydrogens is 366 g/mol. The number of carbonyl (C=O) groups excluding carboxylic acids is 2.